The van der Waals surface area contributed by atoms with Gasteiger partial charge < -0.3 is 10.0 Å². The van der Waals surface area contributed by atoms with Gasteiger partial charge in [0.1, 0.15) is 5.82 Å². The average Bonchev–Trinajstić information content (AvgIpc) is 2.19. The second kappa shape index (κ2) is 5.12. The predicted molar refractivity (Wildman–Crippen MR) is 63.2 cm³/mol. The van der Waals surface area contributed by atoms with Crippen LogP contribution in [0.1, 0.15) is 30.7 Å². The van der Waals surface area contributed by atoms with Gasteiger partial charge >= 0.3 is 0 Å². The Labute approximate surface area is 91.8 Å². The van der Waals surface area contributed by atoms with Gasteiger partial charge in [0.25, 0.3) is 0 Å². The van der Waals surface area contributed by atoms with E-state index in [0.29, 0.717) is 0 Å². The fourth-order valence-electron chi connectivity index (χ4n) is 1.82. The fourth-order valence-corrected chi connectivity index (χ4v) is 1.82. The minimum absolute atomic E-state index is 0.0605. The summed E-state index contributed by atoms with van der Waals surface area (Å²) in [7, 11) is 0. The number of aliphatic hydroxyl groups excluding tert-OH is 1. The van der Waals surface area contributed by atoms with E-state index < -0.39 is 0 Å². The highest BCUT2D eigenvalue weighted by molar-refractivity contribution is 5.51. The summed E-state index contributed by atoms with van der Waals surface area (Å²) in [4.78, 5) is 6.68. The molecule has 0 saturated heterocycles. The van der Waals surface area contributed by atoms with Gasteiger partial charge in [0.05, 0.1) is 6.61 Å². The van der Waals surface area contributed by atoms with Crippen LogP contribution in [0, 0.1) is 13.8 Å². The molecule has 1 rings (SSSR count). The molecule has 0 fully saturated rings. The molecule has 0 spiro atoms. The number of aromatic nitrogens is 1. The second-order valence-electron chi connectivity index (χ2n) is 3.71. The van der Waals surface area contributed by atoms with E-state index in [2.05, 4.69) is 23.7 Å². The van der Waals surface area contributed by atoms with Crippen LogP contribution >= 0.6 is 0 Å². The van der Waals surface area contributed by atoms with Gasteiger partial charge in [0, 0.05) is 24.3 Å². The molecule has 84 valence electrons. The summed E-state index contributed by atoms with van der Waals surface area (Å²) >= 11 is 0. The van der Waals surface area contributed by atoms with Crippen molar-refractivity contribution in [2.24, 2.45) is 0 Å². The maximum absolute atomic E-state index is 9.36. The van der Waals surface area contributed by atoms with Gasteiger partial charge in [0.15, 0.2) is 0 Å². The Morgan fingerprint density at radius 2 is 1.87 bits per heavy atom. The van der Waals surface area contributed by atoms with Crippen LogP contribution in [0.3, 0.4) is 0 Å². The molecule has 0 saturated carbocycles. The largest absolute Gasteiger partial charge is 0.392 e. The van der Waals surface area contributed by atoms with E-state index in [1.807, 2.05) is 19.9 Å². The minimum Gasteiger partial charge on any atom is -0.392 e. The highest BCUT2D eigenvalue weighted by Crippen LogP contribution is 2.22. The molecule has 0 radical (unpaired) electrons. The summed E-state index contributed by atoms with van der Waals surface area (Å²) in [6.45, 7) is 10.1. The van der Waals surface area contributed by atoms with E-state index in [9.17, 15) is 5.11 Å². The van der Waals surface area contributed by atoms with E-state index in [4.69, 9.17) is 0 Å². The number of hydrogen-bond acceptors (Lipinski definition) is 3. The zero-order valence-corrected chi connectivity index (χ0v) is 10.0. The fraction of sp³-hybridized carbons (Fsp3) is 0.583. The minimum atomic E-state index is 0.0605. The van der Waals surface area contributed by atoms with Gasteiger partial charge in [-0.1, -0.05) is 0 Å². The van der Waals surface area contributed by atoms with E-state index in [1.165, 1.54) is 0 Å². The molecule has 3 heteroatoms. The van der Waals surface area contributed by atoms with Crippen LogP contribution in [0.25, 0.3) is 0 Å². The number of hydrogen-bond donors (Lipinski definition) is 1. The molecular weight excluding hydrogens is 188 g/mol. The van der Waals surface area contributed by atoms with E-state index >= 15 is 0 Å². The van der Waals surface area contributed by atoms with Crippen molar-refractivity contribution in [2.45, 2.75) is 34.3 Å². The molecule has 0 atom stereocenters. The number of pyridine rings is 1. The lowest BCUT2D eigenvalue weighted by atomic mass is 10.1. The van der Waals surface area contributed by atoms with Crippen LogP contribution < -0.4 is 4.90 Å². The molecule has 0 aliphatic carbocycles. The van der Waals surface area contributed by atoms with Gasteiger partial charge in [-0.05, 0) is 39.3 Å². The third-order valence-electron chi connectivity index (χ3n) is 2.67. The Balaban J connectivity index is 3.24. The molecule has 1 heterocycles. The molecule has 0 amide bonds. The summed E-state index contributed by atoms with van der Waals surface area (Å²) < 4.78 is 0. The third kappa shape index (κ3) is 2.48. The molecule has 0 aliphatic heterocycles. The summed E-state index contributed by atoms with van der Waals surface area (Å²) in [6.07, 6.45) is 0. The summed E-state index contributed by atoms with van der Waals surface area (Å²) in [5.74, 6) is 0.931. The highest BCUT2D eigenvalue weighted by Gasteiger charge is 2.12. The maximum atomic E-state index is 9.36. The van der Waals surface area contributed by atoms with Crippen LogP contribution in [0.5, 0.6) is 0 Å². The van der Waals surface area contributed by atoms with Crippen LogP contribution in [0.2, 0.25) is 0 Å². The number of rotatable bonds is 4. The van der Waals surface area contributed by atoms with Crippen LogP contribution in [0.15, 0.2) is 6.07 Å². The molecular formula is C12H20N2O. The van der Waals surface area contributed by atoms with Crippen molar-refractivity contribution < 1.29 is 5.11 Å². The molecule has 1 aromatic heterocycles. The lowest BCUT2D eigenvalue weighted by molar-refractivity contribution is 0.281. The van der Waals surface area contributed by atoms with Crippen LogP contribution in [-0.4, -0.2) is 23.2 Å². The zero-order valence-electron chi connectivity index (χ0n) is 10.0. The normalized spacial score (nSPS) is 10.5. The topological polar surface area (TPSA) is 36.4 Å². The first-order valence-corrected chi connectivity index (χ1v) is 5.46. The molecule has 0 aliphatic rings. The van der Waals surface area contributed by atoms with E-state index in [1.54, 1.807) is 0 Å². The summed E-state index contributed by atoms with van der Waals surface area (Å²) in [5, 5.41) is 9.36. The Kier molecular flexibility index (Phi) is 4.09. The van der Waals surface area contributed by atoms with Crippen molar-refractivity contribution in [3.05, 3.63) is 22.9 Å². The van der Waals surface area contributed by atoms with E-state index in [0.717, 1.165) is 35.7 Å². The maximum Gasteiger partial charge on any atom is 0.134 e. The SMILES string of the molecule is CCN(CC)c1nc(C)cc(C)c1CO. The smallest absolute Gasteiger partial charge is 0.134 e. The average molecular weight is 208 g/mol. The highest BCUT2D eigenvalue weighted by atomic mass is 16.3. The molecule has 1 aromatic rings. The standard InChI is InChI=1S/C12H20N2O/c1-5-14(6-2)12-11(8-15)9(3)7-10(4)13-12/h7,15H,5-6,8H2,1-4H3. The van der Waals surface area contributed by atoms with E-state index in [-0.39, 0.29) is 6.61 Å². The lowest BCUT2D eigenvalue weighted by Gasteiger charge is -2.23. The number of nitrogens with zero attached hydrogens (tertiary/aromatic N) is 2. The molecule has 0 unspecified atom stereocenters. The summed E-state index contributed by atoms with van der Waals surface area (Å²) in [6, 6.07) is 2.01. The van der Waals surface area contributed by atoms with Crippen LogP contribution in [-0.2, 0) is 6.61 Å². The molecule has 0 aromatic carbocycles. The van der Waals surface area contributed by atoms with Crippen molar-refractivity contribution in [1.29, 1.82) is 0 Å². The number of aliphatic hydroxyl groups is 1. The van der Waals surface area contributed by atoms with Gasteiger partial charge in [-0.15, -0.1) is 0 Å². The predicted octanol–water partition coefficient (Wildman–Crippen LogP) is 2.04. The van der Waals surface area contributed by atoms with Crippen molar-refractivity contribution >= 4 is 5.82 Å². The van der Waals surface area contributed by atoms with Gasteiger partial charge in [0.2, 0.25) is 0 Å². The zero-order chi connectivity index (χ0) is 11.4. The Bertz CT molecular complexity index is 333. The lowest BCUT2D eigenvalue weighted by Crippen LogP contribution is -2.25. The quantitative estimate of drug-likeness (QED) is 0.822. The first-order valence-electron chi connectivity index (χ1n) is 5.46. The molecule has 1 N–H and O–H groups in total. The third-order valence-corrected chi connectivity index (χ3v) is 2.67. The Hall–Kier alpha value is -1.09. The number of aryl methyl sites for hydroxylation is 2. The molecule has 0 bridgehead atoms. The van der Waals surface area contributed by atoms with Crippen molar-refractivity contribution in [1.82, 2.24) is 4.98 Å². The number of anilines is 1. The second-order valence-corrected chi connectivity index (χ2v) is 3.71. The first-order chi connectivity index (χ1) is 7.13. The Morgan fingerprint density at radius 3 is 2.33 bits per heavy atom. The Morgan fingerprint density at radius 1 is 1.27 bits per heavy atom. The molecule has 15 heavy (non-hydrogen) atoms. The van der Waals surface area contributed by atoms with Crippen molar-refractivity contribution in [3.8, 4) is 0 Å². The van der Waals surface area contributed by atoms with Gasteiger partial charge in [-0.3, -0.25) is 0 Å². The van der Waals surface area contributed by atoms with Crippen molar-refractivity contribution in [2.75, 3.05) is 18.0 Å². The van der Waals surface area contributed by atoms with Gasteiger partial charge in [-0.2, -0.15) is 0 Å². The van der Waals surface area contributed by atoms with Crippen LogP contribution in [0.4, 0.5) is 5.82 Å². The van der Waals surface area contributed by atoms with Gasteiger partial charge in [-0.25, -0.2) is 4.98 Å². The first kappa shape index (κ1) is 12.0. The molecule has 3 nitrogen and oxygen atoms in total. The monoisotopic (exact) mass is 208 g/mol. The summed E-state index contributed by atoms with van der Waals surface area (Å²) in [5.41, 5.74) is 3.07. The van der Waals surface area contributed by atoms with Crippen molar-refractivity contribution in [3.63, 3.8) is 0 Å².